The molecule has 1 saturated heterocycles. The molecule has 0 aromatic carbocycles. The van der Waals surface area contributed by atoms with Crippen molar-refractivity contribution in [2.24, 2.45) is 0 Å². The molecule has 2 N–H and O–H groups in total. The fraction of sp³-hybridized carbons (Fsp3) is 0.615. The Labute approximate surface area is 117 Å². The van der Waals surface area contributed by atoms with Gasteiger partial charge in [0, 0.05) is 25.2 Å². The SMILES string of the molecule is CCCN(CC1CCCN1)C(=O)c1cc([N+](=O)[O-])c[nH]1. The minimum Gasteiger partial charge on any atom is -0.351 e. The molecule has 1 atom stereocenters. The first-order valence-corrected chi connectivity index (χ1v) is 6.97. The molecule has 0 spiro atoms. The van der Waals surface area contributed by atoms with Crippen LogP contribution < -0.4 is 5.32 Å². The highest BCUT2D eigenvalue weighted by Gasteiger charge is 2.24. The molecule has 2 rings (SSSR count). The predicted molar refractivity (Wildman–Crippen MR) is 74.7 cm³/mol. The summed E-state index contributed by atoms with van der Waals surface area (Å²) in [5.41, 5.74) is 0.201. The number of H-pyrrole nitrogens is 1. The van der Waals surface area contributed by atoms with Crippen molar-refractivity contribution in [1.82, 2.24) is 15.2 Å². The zero-order valence-corrected chi connectivity index (χ0v) is 11.6. The number of amides is 1. The van der Waals surface area contributed by atoms with Crippen LogP contribution in [0.4, 0.5) is 5.69 Å². The lowest BCUT2D eigenvalue weighted by Gasteiger charge is -2.25. The number of carbonyl (C=O) groups excluding carboxylic acids is 1. The zero-order chi connectivity index (χ0) is 14.5. The van der Waals surface area contributed by atoms with Gasteiger partial charge in [0.05, 0.1) is 11.1 Å². The summed E-state index contributed by atoms with van der Waals surface area (Å²) >= 11 is 0. The van der Waals surface area contributed by atoms with Crippen LogP contribution in [-0.4, -0.2) is 46.4 Å². The molecule has 20 heavy (non-hydrogen) atoms. The topological polar surface area (TPSA) is 91.3 Å². The summed E-state index contributed by atoms with van der Waals surface area (Å²) in [6.45, 7) is 4.32. The van der Waals surface area contributed by atoms with E-state index in [2.05, 4.69) is 10.3 Å². The Morgan fingerprint density at radius 1 is 1.60 bits per heavy atom. The normalized spacial score (nSPS) is 18.1. The summed E-state index contributed by atoms with van der Waals surface area (Å²) < 4.78 is 0. The molecule has 0 radical (unpaired) electrons. The second-order valence-corrected chi connectivity index (χ2v) is 5.07. The van der Waals surface area contributed by atoms with Gasteiger partial charge in [-0.2, -0.15) is 0 Å². The second kappa shape index (κ2) is 6.51. The third-order valence-electron chi connectivity index (χ3n) is 3.49. The van der Waals surface area contributed by atoms with Gasteiger partial charge in [-0.3, -0.25) is 14.9 Å². The maximum atomic E-state index is 12.4. The summed E-state index contributed by atoms with van der Waals surface area (Å²) in [6, 6.07) is 1.63. The van der Waals surface area contributed by atoms with Crippen LogP contribution in [0.5, 0.6) is 0 Å². The number of nitrogens with zero attached hydrogens (tertiary/aromatic N) is 2. The van der Waals surface area contributed by atoms with Crippen LogP contribution in [0.1, 0.15) is 36.7 Å². The molecular weight excluding hydrogens is 260 g/mol. The molecule has 1 aliphatic rings. The molecule has 110 valence electrons. The van der Waals surface area contributed by atoms with E-state index in [0.29, 0.717) is 19.1 Å². The van der Waals surface area contributed by atoms with Crippen molar-refractivity contribution >= 4 is 11.6 Å². The molecule has 1 unspecified atom stereocenters. The van der Waals surface area contributed by atoms with E-state index in [-0.39, 0.29) is 17.3 Å². The maximum Gasteiger partial charge on any atom is 0.287 e. The lowest BCUT2D eigenvalue weighted by molar-refractivity contribution is -0.384. The van der Waals surface area contributed by atoms with Crippen LogP contribution in [0.25, 0.3) is 0 Å². The number of hydrogen-bond donors (Lipinski definition) is 2. The molecule has 1 aromatic heterocycles. The van der Waals surface area contributed by atoms with Gasteiger partial charge in [0.1, 0.15) is 5.69 Å². The van der Waals surface area contributed by atoms with Crippen molar-refractivity contribution < 1.29 is 9.72 Å². The Hall–Kier alpha value is -1.89. The van der Waals surface area contributed by atoms with Crippen molar-refractivity contribution in [3.63, 3.8) is 0 Å². The maximum absolute atomic E-state index is 12.4. The standard InChI is InChI=1S/C13H20N4O3/c1-2-6-16(9-10-4-3-5-14-10)13(18)12-7-11(8-15-12)17(19)20/h7-8,10,14-15H,2-6,9H2,1H3. The molecule has 1 fully saturated rings. The second-order valence-electron chi connectivity index (χ2n) is 5.07. The van der Waals surface area contributed by atoms with Gasteiger partial charge in [0.15, 0.2) is 0 Å². The quantitative estimate of drug-likeness (QED) is 0.610. The molecule has 2 heterocycles. The fourth-order valence-corrected chi connectivity index (χ4v) is 2.51. The molecule has 0 bridgehead atoms. The summed E-state index contributed by atoms with van der Waals surface area (Å²) in [6.07, 6.45) is 4.32. The Morgan fingerprint density at radius 2 is 2.40 bits per heavy atom. The summed E-state index contributed by atoms with van der Waals surface area (Å²) in [4.78, 5) is 27.0. The lowest BCUT2D eigenvalue weighted by atomic mass is 10.2. The number of aromatic amines is 1. The summed E-state index contributed by atoms with van der Waals surface area (Å²) in [7, 11) is 0. The predicted octanol–water partition coefficient (Wildman–Crippen LogP) is 1.53. The Morgan fingerprint density at radius 3 is 2.95 bits per heavy atom. The van der Waals surface area contributed by atoms with Gasteiger partial charge in [0.25, 0.3) is 11.6 Å². The number of hydrogen-bond acceptors (Lipinski definition) is 4. The van der Waals surface area contributed by atoms with Gasteiger partial charge >= 0.3 is 0 Å². The van der Waals surface area contributed by atoms with Crippen molar-refractivity contribution in [3.05, 3.63) is 28.1 Å². The number of nitrogens with one attached hydrogen (secondary N) is 2. The van der Waals surface area contributed by atoms with Crippen molar-refractivity contribution in [2.75, 3.05) is 19.6 Å². The average molecular weight is 280 g/mol. The van der Waals surface area contributed by atoms with Gasteiger partial charge in [-0.1, -0.05) is 6.92 Å². The molecular formula is C13H20N4O3. The first-order chi connectivity index (χ1) is 9.61. The monoisotopic (exact) mass is 280 g/mol. The third kappa shape index (κ3) is 3.36. The van der Waals surface area contributed by atoms with Gasteiger partial charge < -0.3 is 15.2 Å². The van der Waals surface area contributed by atoms with E-state index in [0.717, 1.165) is 25.8 Å². The minimum atomic E-state index is -0.504. The molecule has 0 aliphatic carbocycles. The van der Waals surface area contributed by atoms with E-state index in [4.69, 9.17) is 0 Å². The van der Waals surface area contributed by atoms with E-state index in [1.165, 1.54) is 12.3 Å². The Bertz CT molecular complexity index is 480. The third-order valence-corrected chi connectivity index (χ3v) is 3.49. The van der Waals surface area contributed by atoms with Gasteiger partial charge in [-0.25, -0.2) is 0 Å². The van der Waals surface area contributed by atoms with Crippen molar-refractivity contribution in [1.29, 1.82) is 0 Å². The molecule has 1 amide bonds. The first kappa shape index (κ1) is 14.5. The van der Waals surface area contributed by atoms with Gasteiger partial charge in [0.2, 0.25) is 0 Å². The molecule has 1 aliphatic heterocycles. The van der Waals surface area contributed by atoms with E-state index in [1.807, 2.05) is 6.92 Å². The largest absolute Gasteiger partial charge is 0.351 e. The van der Waals surface area contributed by atoms with Crippen LogP contribution >= 0.6 is 0 Å². The summed E-state index contributed by atoms with van der Waals surface area (Å²) in [5, 5.41) is 14.0. The first-order valence-electron chi connectivity index (χ1n) is 6.97. The fourth-order valence-electron chi connectivity index (χ4n) is 2.51. The van der Waals surface area contributed by atoms with Crippen molar-refractivity contribution in [3.8, 4) is 0 Å². The molecule has 0 saturated carbocycles. The van der Waals surface area contributed by atoms with Gasteiger partial charge in [-0.05, 0) is 25.8 Å². The Balaban J connectivity index is 2.06. The number of aromatic nitrogens is 1. The summed E-state index contributed by atoms with van der Waals surface area (Å²) in [5.74, 6) is -0.173. The highest BCUT2D eigenvalue weighted by molar-refractivity contribution is 5.93. The van der Waals surface area contributed by atoms with Crippen LogP contribution in [0.15, 0.2) is 12.3 Å². The van der Waals surface area contributed by atoms with Gasteiger partial charge in [-0.15, -0.1) is 0 Å². The Kier molecular flexibility index (Phi) is 4.73. The van der Waals surface area contributed by atoms with E-state index >= 15 is 0 Å². The van der Waals surface area contributed by atoms with Crippen LogP contribution in [0.3, 0.4) is 0 Å². The average Bonchev–Trinajstić information content (AvgIpc) is 3.08. The zero-order valence-electron chi connectivity index (χ0n) is 11.6. The van der Waals surface area contributed by atoms with E-state index in [9.17, 15) is 14.9 Å². The highest BCUT2D eigenvalue weighted by atomic mass is 16.6. The number of rotatable bonds is 6. The highest BCUT2D eigenvalue weighted by Crippen LogP contribution is 2.15. The number of carbonyl (C=O) groups is 1. The lowest BCUT2D eigenvalue weighted by Crippen LogP contribution is -2.41. The molecule has 7 nitrogen and oxygen atoms in total. The van der Waals surface area contributed by atoms with E-state index < -0.39 is 4.92 Å². The van der Waals surface area contributed by atoms with Crippen molar-refractivity contribution in [2.45, 2.75) is 32.2 Å². The smallest absolute Gasteiger partial charge is 0.287 e. The van der Waals surface area contributed by atoms with E-state index in [1.54, 1.807) is 4.90 Å². The van der Waals surface area contributed by atoms with Crippen LogP contribution in [0.2, 0.25) is 0 Å². The minimum absolute atomic E-state index is 0.0798. The molecule has 1 aromatic rings. The van der Waals surface area contributed by atoms with Crippen LogP contribution in [0, 0.1) is 10.1 Å². The van der Waals surface area contributed by atoms with Crippen LogP contribution in [-0.2, 0) is 0 Å². The molecule has 7 heteroatoms. The number of nitro groups is 1.